The molecule has 1 aliphatic rings. The van der Waals surface area contributed by atoms with Gasteiger partial charge in [0, 0.05) is 38.3 Å². The van der Waals surface area contributed by atoms with Crippen LogP contribution in [0.3, 0.4) is 0 Å². The fourth-order valence-corrected chi connectivity index (χ4v) is 3.79. The zero-order valence-electron chi connectivity index (χ0n) is 17.2. The van der Waals surface area contributed by atoms with Gasteiger partial charge in [0.15, 0.2) is 5.82 Å². The fourth-order valence-electron chi connectivity index (χ4n) is 3.79. The summed E-state index contributed by atoms with van der Waals surface area (Å²) in [5, 5.41) is 12.6. The Labute approximate surface area is 162 Å². The number of para-hydroxylation sites is 1. The Kier molecular flexibility index (Phi) is 6.11. The van der Waals surface area contributed by atoms with Crippen LogP contribution in [0.15, 0.2) is 24.3 Å². The molecule has 2 heterocycles. The topological polar surface area (TPSA) is 59.3 Å². The minimum atomic E-state index is -0.113. The molecule has 1 aromatic carbocycles. The Bertz CT molecular complexity index is 730. The minimum Gasteiger partial charge on any atom is -0.496 e. The number of hydrogen-bond acceptors (Lipinski definition) is 6. The van der Waals surface area contributed by atoms with Gasteiger partial charge in [-0.2, -0.15) is 0 Å². The van der Waals surface area contributed by atoms with Crippen molar-refractivity contribution in [1.29, 1.82) is 0 Å². The maximum absolute atomic E-state index is 5.50. The van der Waals surface area contributed by atoms with Gasteiger partial charge in [0.1, 0.15) is 5.75 Å². The zero-order valence-corrected chi connectivity index (χ0v) is 17.2. The van der Waals surface area contributed by atoms with Crippen LogP contribution in [0.4, 0.5) is 0 Å². The molecule has 148 valence electrons. The Morgan fingerprint density at radius 3 is 2.44 bits per heavy atom. The molecule has 2 aromatic rings. The second-order valence-electron chi connectivity index (χ2n) is 8.17. The number of aromatic nitrogens is 4. The molecule has 0 amide bonds. The first-order chi connectivity index (χ1) is 12.9. The highest BCUT2D eigenvalue weighted by Gasteiger charge is 2.30. The molecule has 1 aromatic heterocycles. The normalized spacial score (nSPS) is 17.8. The summed E-state index contributed by atoms with van der Waals surface area (Å²) in [6.45, 7) is 13.7. The summed E-state index contributed by atoms with van der Waals surface area (Å²) in [5.41, 5.74) is 1.13. The number of rotatable bonds is 6. The van der Waals surface area contributed by atoms with E-state index in [-0.39, 0.29) is 11.6 Å². The molecule has 0 spiro atoms. The smallest absolute Gasteiger partial charge is 0.168 e. The summed E-state index contributed by atoms with van der Waals surface area (Å²) in [5.74, 6) is 1.94. The molecule has 7 nitrogen and oxygen atoms in total. The predicted octanol–water partition coefficient (Wildman–Crippen LogP) is 2.71. The lowest BCUT2D eigenvalue weighted by atomic mass is 10.1. The van der Waals surface area contributed by atoms with E-state index in [4.69, 9.17) is 4.74 Å². The maximum atomic E-state index is 5.50. The molecule has 3 rings (SSSR count). The number of benzene rings is 1. The monoisotopic (exact) mass is 372 g/mol. The van der Waals surface area contributed by atoms with Crippen molar-refractivity contribution in [2.24, 2.45) is 0 Å². The first-order valence-corrected chi connectivity index (χ1v) is 9.81. The summed E-state index contributed by atoms with van der Waals surface area (Å²) in [7, 11) is 1.74. The Morgan fingerprint density at radius 2 is 1.81 bits per heavy atom. The molecule has 1 atom stereocenters. The highest BCUT2D eigenvalue weighted by Crippen LogP contribution is 2.27. The van der Waals surface area contributed by atoms with Crippen molar-refractivity contribution in [2.45, 2.75) is 52.2 Å². The molecule has 1 fully saturated rings. The minimum absolute atomic E-state index is 0.113. The highest BCUT2D eigenvalue weighted by molar-refractivity contribution is 5.33. The first kappa shape index (κ1) is 19.8. The molecule has 0 unspecified atom stereocenters. The van der Waals surface area contributed by atoms with E-state index >= 15 is 0 Å². The van der Waals surface area contributed by atoms with Crippen LogP contribution in [0.25, 0.3) is 0 Å². The first-order valence-electron chi connectivity index (χ1n) is 9.81. The van der Waals surface area contributed by atoms with Gasteiger partial charge in [-0.1, -0.05) is 25.1 Å². The van der Waals surface area contributed by atoms with Crippen molar-refractivity contribution >= 4 is 0 Å². The van der Waals surface area contributed by atoms with E-state index in [1.165, 1.54) is 5.56 Å². The number of tetrazole rings is 1. The average Bonchev–Trinajstić information content (AvgIpc) is 3.14. The molecule has 7 heteroatoms. The van der Waals surface area contributed by atoms with Crippen LogP contribution in [-0.4, -0.2) is 63.3 Å². The summed E-state index contributed by atoms with van der Waals surface area (Å²) in [6, 6.07) is 8.54. The SMILES string of the molecule is CC[C@@H](c1nnnn1C(C)(C)C)N1CCN(Cc2ccccc2OC)CC1. The number of methoxy groups -OCH3 is 1. The van der Waals surface area contributed by atoms with Crippen LogP contribution < -0.4 is 4.74 Å². The van der Waals surface area contributed by atoms with Crippen molar-refractivity contribution in [2.75, 3.05) is 33.3 Å². The van der Waals surface area contributed by atoms with Crippen LogP contribution in [0.1, 0.15) is 51.5 Å². The van der Waals surface area contributed by atoms with E-state index in [2.05, 4.69) is 65.2 Å². The molecule has 0 bridgehead atoms. The van der Waals surface area contributed by atoms with Gasteiger partial charge < -0.3 is 4.74 Å². The van der Waals surface area contributed by atoms with Crippen LogP contribution in [-0.2, 0) is 12.1 Å². The van der Waals surface area contributed by atoms with Crippen LogP contribution in [0.5, 0.6) is 5.75 Å². The highest BCUT2D eigenvalue weighted by atomic mass is 16.5. The van der Waals surface area contributed by atoms with Gasteiger partial charge >= 0.3 is 0 Å². The Balaban J connectivity index is 1.65. The predicted molar refractivity (Wildman–Crippen MR) is 106 cm³/mol. The Morgan fingerprint density at radius 1 is 1.11 bits per heavy atom. The fraction of sp³-hybridized carbons (Fsp3) is 0.650. The number of hydrogen-bond donors (Lipinski definition) is 0. The van der Waals surface area contributed by atoms with Crippen molar-refractivity contribution in [1.82, 2.24) is 30.0 Å². The Hall–Kier alpha value is -1.99. The van der Waals surface area contributed by atoms with Crippen molar-refractivity contribution in [3.05, 3.63) is 35.7 Å². The van der Waals surface area contributed by atoms with E-state index in [1.54, 1.807) is 7.11 Å². The van der Waals surface area contributed by atoms with Gasteiger partial charge in [0.25, 0.3) is 0 Å². The van der Waals surface area contributed by atoms with Crippen LogP contribution in [0, 0.1) is 0 Å². The van der Waals surface area contributed by atoms with Crippen LogP contribution in [0.2, 0.25) is 0 Å². The molecule has 0 aliphatic carbocycles. The second-order valence-corrected chi connectivity index (χ2v) is 8.17. The third-order valence-corrected chi connectivity index (χ3v) is 5.25. The number of ether oxygens (including phenoxy) is 1. The number of piperazine rings is 1. The largest absolute Gasteiger partial charge is 0.496 e. The molecule has 0 N–H and O–H groups in total. The lowest BCUT2D eigenvalue weighted by molar-refractivity contribution is 0.0815. The third-order valence-electron chi connectivity index (χ3n) is 5.25. The molecule has 1 aliphatic heterocycles. The molecular formula is C20H32N6O. The summed E-state index contributed by atoms with van der Waals surface area (Å²) in [4.78, 5) is 5.01. The maximum Gasteiger partial charge on any atom is 0.168 e. The lowest BCUT2D eigenvalue weighted by Gasteiger charge is -2.39. The van der Waals surface area contributed by atoms with Crippen molar-refractivity contribution in [3.8, 4) is 5.75 Å². The average molecular weight is 373 g/mol. The molecule has 0 radical (unpaired) electrons. The molecule has 1 saturated heterocycles. The van der Waals surface area contributed by atoms with Crippen molar-refractivity contribution < 1.29 is 4.74 Å². The number of nitrogens with zero attached hydrogens (tertiary/aromatic N) is 6. The van der Waals surface area contributed by atoms with Gasteiger partial charge in [-0.3, -0.25) is 9.80 Å². The van der Waals surface area contributed by atoms with E-state index in [9.17, 15) is 0 Å². The van der Waals surface area contributed by atoms with Gasteiger partial charge in [-0.25, -0.2) is 4.68 Å². The molecule has 27 heavy (non-hydrogen) atoms. The van der Waals surface area contributed by atoms with Gasteiger partial charge in [0.2, 0.25) is 0 Å². The standard InChI is InChI=1S/C20H32N6O/c1-6-17(19-21-22-23-26(19)20(2,3)4)25-13-11-24(12-14-25)15-16-9-7-8-10-18(16)27-5/h7-10,17H,6,11-15H2,1-5H3/t17-/m0/s1. The quantitative estimate of drug-likeness (QED) is 0.777. The summed E-state index contributed by atoms with van der Waals surface area (Å²) >= 11 is 0. The third kappa shape index (κ3) is 4.47. The van der Waals surface area contributed by atoms with E-state index < -0.39 is 0 Å². The second kappa shape index (κ2) is 8.35. The summed E-state index contributed by atoms with van der Waals surface area (Å²) in [6.07, 6.45) is 1.00. The van der Waals surface area contributed by atoms with Gasteiger partial charge in [-0.05, 0) is 43.7 Å². The van der Waals surface area contributed by atoms with E-state index in [0.29, 0.717) is 0 Å². The zero-order chi connectivity index (χ0) is 19.4. The molecule has 0 saturated carbocycles. The lowest BCUT2D eigenvalue weighted by Crippen LogP contribution is -2.48. The van der Waals surface area contributed by atoms with Crippen molar-refractivity contribution in [3.63, 3.8) is 0 Å². The van der Waals surface area contributed by atoms with Gasteiger partial charge in [0.05, 0.1) is 18.7 Å². The van der Waals surface area contributed by atoms with Gasteiger partial charge in [-0.15, -0.1) is 5.10 Å². The van der Waals surface area contributed by atoms with E-state index in [1.807, 2.05) is 16.8 Å². The van der Waals surface area contributed by atoms with Crippen LogP contribution >= 0.6 is 0 Å². The molecular weight excluding hydrogens is 340 g/mol. The summed E-state index contributed by atoms with van der Waals surface area (Å²) < 4.78 is 7.47. The van der Waals surface area contributed by atoms with E-state index in [0.717, 1.165) is 50.7 Å².